The number of aliphatic hydroxyl groups excluding tert-OH is 1. The van der Waals surface area contributed by atoms with Crippen LogP contribution in [0.4, 0.5) is 5.69 Å². The van der Waals surface area contributed by atoms with Crippen molar-refractivity contribution in [3.05, 3.63) is 124 Å². The number of hydrogen-bond acceptors (Lipinski definition) is 9. The second kappa shape index (κ2) is 15.7. The number of nitrogens with one attached hydrogen (secondary N) is 1. The molecule has 12 nitrogen and oxygen atoms in total. The number of rotatable bonds is 15. The Labute approximate surface area is 278 Å². The fourth-order valence-corrected chi connectivity index (χ4v) is 5.59. The molecule has 1 heterocycles. The monoisotopic (exact) mass is 651 g/mol. The lowest BCUT2D eigenvalue weighted by molar-refractivity contribution is -0.129. The Hall–Kier alpha value is -5.71. The third-order valence-corrected chi connectivity index (χ3v) is 7.96. The number of methoxy groups -OCH3 is 3. The highest BCUT2D eigenvalue weighted by Crippen LogP contribution is 2.45. The Morgan fingerprint density at radius 1 is 0.958 bits per heavy atom. The average molecular weight is 652 g/mol. The average Bonchev–Trinajstić information content (AvgIpc) is 3.51. The van der Waals surface area contributed by atoms with Crippen molar-refractivity contribution in [3.8, 4) is 23.0 Å². The summed E-state index contributed by atoms with van der Waals surface area (Å²) in [5, 5.41) is 16.1. The zero-order valence-electron chi connectivity index (χ0n) is 27.0. The van der Waals surface area contributed by atoms with Crippen molar-refractivity contribution in [3.63, 3.8) is 0 Å². The second-order valence-electron chi connectivity index (χ2n) is 10.9. The molecule has 12 heteroatoms. The highest BCUT2D eigenvalue weighted by Gasteiger charge is 2.53. The number of amides is 1. The van der Waals surface area contributed by atoms with Crippen LogP contribution in [0.1, 0.15) is 34.8 Å². The van der Waals surface area contributed by atoms with Gasteiger partial charge in [0.1, 0.15) is 23.0 Å². The number of nitrogens with zero attached hydrogens (tertiary/aromatic N) is 4. The summed E-state index contributed by atoms with van der Waals surface area (Å²) < 4.78 is 28.9. The first-order valence-corrected chi connectivity index (χ1v) is 15.3. The predicted molar refractivity (Wildman–Crippen MR) is 180 cm³/mol. The van der Waals surface area contributed by atoms with E-state index in [1.54, 1.807) is 67.8 Å². The van der Waals surface area contributed by atoms with Gasteiger partial charge < -0.3 is 34.1 Å². The van der Waals surface area contributed by atoms with Gasteiger partial charge >= 0.3 is 0 Å². The Bertz CT molecular complexity index is 1770. The van der Waals surface area contributed by atoms with Crippen LogP contribution in [0, 0.1) is 0 Å². The van der Waals surface area contributed by atoms with Gasteiger partial charge in [-0.05, 0) is 35.4 Å². The molecule has 2 atom stereocenters. The van der Waals surface area contributed by atoms with Gasteiger partial charge in [-0.1, -0.05) is 59.7 Å². The van der Waals surface area contributed by atoms with E-state index in [1.165, 1.54) is 14.2 Å². The van der Waals surface area contributed by atoms with Gasteiger partial charge in [0.15, 0.2) is 11.6 Å². The fourth-order valence-electron chi connectivity index (χ4n) is 5.59. The van der Waals surface area contributed by atoms with E-state index in [9.17, 15) is 10.3 Å². The van der Waals surface area contributed by atoms with Crippen LogP contribution in [0.15, 0.2) is 101 Å². The van der Waals surface area contributed by atoms with Gasteiger partial charge in [-0.15, -0.1) is 0 Å². The minimum absolute atomic E-state index is 0.0328. The summed E-state index contributed by atoms with van der Waals surface area (Å²) in [7, 11) is 4.61. The highest BCUT2D eigenvalue weighted by atomic mass is 16.5. The van der Waals surface area contributed by atoms with Crippen LogP contribution in [0.3, 0.4) is 0 Å². The van der Waals surface area contributed by atoms with Crippen LogP contribution >= 0.6 is 0 Å². The third kappa shape index (κ3) is 7.30. The van der Waals surface area contributed by atoms with E-state index < -0.39 is 17.6 Å². The summed E-state index contributed by atoms with van der Waals surface area (Å²) in [5.41, 5.74) is 10.7. The molecule has 0 bridgehead atoms. The quantitative estimate of drug-likeness (QED) is 0.0668. The molecule has 0 saturated carbocycles. The fraction of sp³-hybridized carbons (Fsp3) is 0.278. The first-order valence-electron chi connectivity index (χ1n) is 15.3. The molecule has 1 amide bonds. The van der Waals surface area contributed by atoms with Crippen molar-refractivity contribution in [2.75, 3.05) is 34.5 Å². The maximum atomic E-state index is 14.7. The molecule has 0 radical (unpaired) electrons. The zero-order valence-corrected chi connectivity index (χ0v) is 27.0. The van der Waals surface area contributed by atoms with Crippen LogP contribution in [0.25, 0.3) is 10.4 Å². The van der Waals surface area contributed by atoms with Crippen molar-refractivity contribution >= 4 is 17.5 Å². The van der Waals surface area contributed by atoms with Crippen LogP contribution in [0.2, 0.25) is 0 Å². The normalized spacial score (nSPS) is 16.6. The van der Waals surface area contributed by atoms with Crippen molar-refractivity contribution in [1.29, 1.82) is 0 Å². The largest absolute Gasteiger partial charge is 0.496 e. The lowest BCUT2D eigenvalue weighted by Gasteiger charge is -2.31. The van der Waals surface area contributed by atoms with Crippen molar-refractivity contribution in [1.82, 2.24) is 5.32 Å². The van der Waals surface area contributed by atoms with Crippen molar-refractivity contribution in [2.24, 2.45) is 10.1 Å². The molecule has 2 N–H and O–H groups in total. The molecule has 4 aromatic carbocycles. The molecule has 0 aliphatic carbocycles. The SMILES string of the molecule is COc1cc(OC)c(CNC(=O)[C@]2(Cc3ccccc3)N=C(c3ccc(OCCCO)cc3)O[C@@H]2c2ccccc2N=[N+]=[N-])c(OC)c1. The molecular weight excluding hydrogens is 614 g/mol. The highest BCUT2D eigenvalue weighted by molar-refractivity contribution is 6.01. The van der Waals surface area contributed by atoms with Crippen LogP contribution in [-0.2, 0) is 22.5 Å². The lowest BCUT2D eigenvalue weighted by atomic mass is 9.81. The maximum absolute atomic E-state index is 14.7. The lowest BCUT2D eigenvalue weighted by Crippen LogP contribution is -2.49. The summed E-state index contributed by atoms with van der Waals surface area (Å²) in [6.07, 6.45) is -0.304. The van der Waals surface area contributed by atoms with E-state index in [-0.39, 0.29) is 25.5 Å². The Morgan fingerprint density at radius 3 is 2.29 bits per heavy atom. The molecule has 5 rings (SSSR count). The molecule has 1 aliphatic rings. The smallest absolute Gasteiger partial charge is 0.252 e. The second-order valence-corrected chi connectivity index (χ2v) is 10.9. The summed E-state index contributed by atoms with van der Waals surface area (Å²) in [5.74, 6) is 1.92. The van der Waals surface area contributed by atoms with Gasteiger partial charge in [0.05, 0.1) is 40.0 Å². The Morgan fingerprint density at radius 2 is 1.65 bits per heavy atom. The number of hydrogen-bond donors (Lipinski definition) is 2. The summed E-state index contributed by atoms with van der Waals surface area (Å²) in [6.45, 7) is 0.446. The van der Waals surface area contributed by atoms with Gasteiger partial charge in [-0.25, -0.2) is 4.99 Å². The Balaban J connectivity index is 1.61. The van der Waals surface area contributed by atoms with Crippen LogP contribution in [-0.4, -0.2) is 57.0 Å². The minimum Gasteiger partial charge on any atom is -0.496 e. The standard InChI is InChI=1S/C36H37N5O7/c1-44-27-20-31(45-2)29(32(21-27)46-3)23-38-35(43)36(22-24-10-5-4-6-11-24)33(28-12-7-8-13-30(28)40-41-37)48-34(39-36)25-14-16-26(17-15-25)47-19-9-18-42/h4-8,10-17,20-21,33,42H,9,18-19,22-23H2,1-3H3,(H,38,43)/t33-,36-/m1/s1. The van der Waals surface area contributed by atoms with Gasteiger partial charge in [0.25, 0.3) is 5.91 Å². The number of carbonyl (C=O) groups excluding carboxylic acids is 1. The molecule has 248 valence electrons. The molecule has 0 spiro atoms. The number of carbonyl (C=O) groups is 1. The van der Waals surface area contributed by atoms with Crippen LogP contribution < -0.4 is 24.3 Å². The Kier molecular flexibility index (Phi) is 11.0. The maximum Gasteiger partial charge on any atom is 0.252 e. The molecular formula is C36H37N5O7. The summed E-state index contributed by atoms with van der Waals surface area (Å²) in [4.78, 5) is 22.8. The van der Waals surface area contributed by atoms with Gasteiger partial charge in [0, 0.05) is 53.3 Å². The predicted octanol–water partition coefficient (Wildman–Crippen LogP) is 6.23. The number of aliphatic hydroxyl groups is 1. The zero-order chi connectivity index (χ0) is 33.9. The van der Waals surface area contributed by atoms with E-state index in [0.29, 0.717) is 58.4 Å². The third-order valence-electron chi connectivity index (χ3n) is 7.96. The van der Waals surface area contributed by atoms with E-state index in [1.807, 2.05) is 30.3 Å². The van der Waals surface area contributed by atoms with Crippen molar-refractivity contribution in [2.45, 2.75) is 31.0 Å². The van der Waals surface area contributed by atoms with E-state index >= 15 is 0 Å². The topological polar surface area (TPSA) is 157 Å². The summed E-state index contributed by atoms with van der Waals surface area (Å²) in [6, 6.07) is 27.1. The molecule has 0 unspecified atom stereocenters. The molecule has 1 aliphatic heterocycles. The summed E-state index contributed by atoms with van der Waals surface area (Å²) >= 11 is 0. The van der Waals surface area contributed by atoms with Crippen LogP contribution in [0.5, 0.6) is 23.0 Å². The van der Waals surface area contributed by atoms with E-state index in [4.69, 9.17) is 33.8 Å². The first-order chi connectivity index (χ1) is 23.5. The molecule has 0 fully saturated rings. The first kappa shape index (κ1) is 33.6. The number of benzene rings is 4. The van der Waals surface area contributed by atoms with E-state index in [2.05, 4.69) is 15.3 Å². The van der Waals surface area contributed by atoms with Crippen molar-refractivity contribution < 1.29 is 33.6 Å². The number of aliphatic imine (C=N–C) groups is 1. The minimum atomic E-state index is -1.54. The van der Waals surface area contributed by atoms with Gasteiger partial charge in [0.2, 0.25) is 5.90 Å². The van der Waals surface area contributed by atoms with Gasteiger partial charge in [-0.3, -0.25) is 4.79 Å². The molecule has 48 heavy (non-hydrogen) atoms. The number of ether oxygens (including phenoxy) is 5. The number of azide groups is 1. The molecule has 0 aromatic heterocycles. The van der Waals surface area contributed by atoms with E-state index in [0.717, 1.165) is 5.56 Å². The molecule has 4 aromatic rings. The van der Waals surface area contributed by atoms with Gasteiger partial charge in [-0.2, -0.15) is 0 Å². The molecule has 0 saturated heterocycles.